The fraction of sp³-hybridized carbons (Fsp3) is 0.294. The SMILES string of the molecule is NCC(CCOc1ccc(Br)cc1)Cc1cccc(Cl)c1. The van der Waals surface area contributed by atoms with Gasteiger partial charge in [-0.2, -0.15) is 0 Å². The summed E-state index contributed by atoms with van der Waals surface area (Å²) in [4.78, 5) is 0. The lowest BCUT2D eigenvalue weighted by molar-refractivity contribution is 0.279. The molecule has 112 valence electrons. The molecular weight excluding hydrogens is 350 g/mol. The van der Waals surface area contributed by atoms with Gasteiger partial charge in [0.15, 0.2) is 0 Å². The molecular formula is C17H19BrClNO. The summed E-state index contributed by atoms with van der Waals surface area (Å²) in [5.41, 5.74) is 7.09. The van der Waals surface area contributed by atoms with Crippen LogP contribution in [0.1, 0.15) is 12.0 Å². The number of rotatable bonds is 7. The van der Waals surface area contributed by atoms with Crippen LogP contribution in [0.5, 0.6) is 5.75 Å². The Morgan fingerprint density at radius 3 is 2.57 bits per heavy atom. The van der Waals surface area contributed by atoms with Crippen molar-refractivity contribution in [3.63, 3.8) is 0 Å². The monoisotopic (exact) mass is 367 g/mol. The maximum Gasteiger partial charge on any atom is 0.119 e. The van der Waals surface area contributed by atoms with Crippen LogP contribution in [-0.2, 0) is 6.42 Å². The van der Waals surface area contributed by atoms with Crippen LogP contribution >= 0.6 is 27.5 Å². The quantitative estimate of drug-likeness (QED) is 0.769. The van der Waals surface area contributed by atoms with E-state index in [0.717, 1.165) is 28.1 Å². The molecule has 21 heavy (non-hydrogen) atoms. The van der Waals surface area contributed by atoms with Gasteiger partial charge >= 0.3 is 0 Å². The Balaban J connectivity index is 1.81. The Kier molecular flexibility index (Phi) is 6.55. The van der Waals surface area contributed by atoms with Gasteiger partial charge in [0.25, 0.3) is 0 Å². The molecule has 0 heterocycles. The molecule has 1 unspecified atom stereocenters. The zero-order chi connectivity index (χ0) is 15.1. The van der Waals surface area contributed by atoms with E-state index in [-0.39, 0.29) is 0 Å². The molecule has 0 aliphatic carbocycles. The molecule has 1 atom stereocenters. The first-order valence-corrected chi connectivity index (χ1v) is 8.17. The van der Waals surface area contributed by atoms with Crippen molar-refractivity contribution < 1.29 is 4.74 Å². The molecule has 0 saturated heterocycles. The molecule has 4 heteroatoms. The molecule has 0 radical (unpaired) electrons. The number of nitrogens with two attached hydrogens (primary N) is 1. The summed E-state index contributed by atoms with van der Waals surface area (Å²) >= 11 is 9.42. The third-order valence-electron chi connectivity index (χ3n) is 3.36. The highest BCUT2D eigenvalue weighted by Crippen LogP contribution is 2.18. The Bertz CT molecular complexity index is 559. The van der Waals surface area contributed by atoms with Gasteiger partial charge < -0.3 is 10.5 Å². The first-order valence-electron chi connectivity index (χ1n) is 7.00. The zero-order valence-electron chi connectivity index (χ0n) is 11.8. The first kappa shape index (κ1) is 16.3. The van der Waals surface area contributed by atoms with E-state index in [0.29, 0.717) is 19.1 Å². The van der Waals surface area contributed by atoms with Crippen molar-refractivity contribution in [1.82, 2.24) is 0 Å². The van der Waals surface area contributed by atoms with Gasteiger partial charge in [0.1, 0.15) is 5.75 Å². The molecule has 0 aliphatic heterocycles. The average Bonchev–Trinajstić information content (AvgIpc) is 2.48. The highest BCUT2D eigenvalue weighted by atomic mass is 79.9. The van der Waals surface area contributed by atoms with Crippen molar-refractivity contribution >= 4 is 27.5 Å². The average molecular weight is 369 g/mol. The van der Waals surface area contributed by atoms with E-state index in [9.17, 15) is 0 Å². The summed E-state index contributed by atoms with van der Waals surface area (Å²) in [6.45, 7) is 1.32. The minimum atomic E-state index is 0.402. The van der Waals surface area contributed by atoms with E-state index in [4.69, 9.17) is 22.1 Å². The van der Waals surface area contributed by atoms with Crippen LogP contribution in [0.15, 0.2) is 53.0 Å². The Morgan fingerprint density at radius 1 is 1.14 bits per heavy atom. The number of hydrogen-bond donors (Lipinski definition) is 1. The van der Waals surface area contributed by atoms with Crippen molar-refractivity contribution in [3.8, 4) is 5.75 Å². The van der Waals surface area contributed by atoms with Crippen LogP contribution in [-0.4, -0.2) is 13.2 Å². The van der Waals surface area contributed by atoms with Crippen molar-refractivity contribution in [2.75, 3.05) is 13.2 Å². The van der Waals surface area contributed by atoms with E-state index in [1.807, 2.05) is 42.5 Å². The summed E-state index contributed by atoms with van der Waals surface area (Å²) in [5, 5.41) is 0.773. The predicted octanol–water partition coefficient (Wildman–Crippen LogP) is 4.69. The largest absolute Gasteiger partial charge is 0.494 e. The lowest BCUT2D eigenvalue weighted by Gasteiger charge is -2.15. The second kappa shape index (κ2) is 8.42. The highest BCUT2D eigenvalue weighted by molar-refractivity contribution is 9.10. The van der Waals surface area contributed by atoms with E-state index in [1.165, 1.54) is 5.56 Å². The predicted molar refractivity (Wildman–Crippen MR) is 92.0 cm³/mol. The Labute approximate surface area is 139 Å². The molecule has 2 nitrogen and oxygen atoms in total. The number of hydrogen-bond acceptors (Lipinski definition) is 2. The summed E-state index contributed by atoms with van der Waals surface area (Å²) in [6.07, 6.45) is 1.86. The van der Waals surface area contributed by atoms with Crippen molar-refractivity contribution in [1.29, 1.82) is 0 Å². The molecule has 0 aliphatic rings. The van der Waals surface area contributed by atoms with Crippen LogP contribution in [0.2, 0.25) is 5.02 Å². The molecule has 0 amide bonds. The van der Waals surface area contributed by atoms with Crippen LogP contribution in [0, 0.1) is 5.92 Å². The maximum atomic E-state index is 6.01. The summed E-state index contributed by atoms with van der Waals surface area (Å²) in [7, 11) is 0. The van der Waals surface area contributed by atoms with Crippen LogP contribution in [0.4, 0.5) is 0 Å². The number of ether oxygens (including phenoxy) is 1. The molecule has 0 fully saturated rings. The topological polar surface area (TPSA) is 35.2 Å². The molecule has 0 bridgehead atoms. The lowest BCUT2D eigenvalue weighted by atomic mass is 9.97. The lowest BCUT2D eigenvalue weighted by Crippen LogP contribution is -2.19. The van der Waals surface area contributed by atoms with Gasteiger partial charge in [0, 0.05) is 9.50 Å². The second-order valence-corrected chi connectivity index (χ2v) is 6.38. The molecule has 0 saturated carbocycles. The summed E-state index contributed by atoms with van der Waals surface area (Å²) < 4.78 is 6.80. The number of benzene rings is 2. The van der Waals surface area contributed by atoms with Gasteiger partial charge in [0.2, 0.25) is 0 Å². The van der Waals surface area contributed by atoms with E-state index in [1.54, 1.807) is 0 Å². The van der Waals surface area contributed by atoms with Gasteiger partial charge in [-0.3, -0.25) is 0 Å². The zero-order valence-corrected chi connectivity index (χ0v) is 14.1. The van der Waals surface area contributed by atoms with E-state index in [2.05, 4.69) is 22.0 Å². The number of halogens is 2. The highest BCUT2D eigenvalue weighted by Gasteiger charge is 2.09. The minimum Gasteiger partial charge on any atom is -0.494 e. The molecule has 2 aromatic rings. The minimum absolute atomic E-state index is 0.402. The van der Waals surface area contributed by atoms with E-state index < -0.39 is 0 Å². The van der Waals surface area contributed by atoms with Gasteiger partial charge in [-0.1, -0.05) is 39.7 Å². The van der Waals surface area contributed by atoms with Gasteiger partial charge in [-0.15, -0.1) is 0 Å². The van der Waals surface area contributed by atoms with Crippen molar-refractivity contribution in [3.05, 3.63) is 63.6 Å². The molecule has 2 aromatic carbocycles. The van der Waals surface area contributed by atoms with Crippen LogP contribution in [0.25, 0.3) is 0 Å². The fourth-order valence-electron chi connectivity index (χ4n) is 2.17. The Hall–Kier alpha value is -1.03. The Morgan fingerprint density at radius 2 is 1.90 bits per heavy atom. The molecule has 0 spiro atoms. The molecule has 2 N–H and O–H groups in total. The van der Waals surface area contributed by atoms with Gasteiger partial charge in [0.05, 0.1) is 6.61 Å². The van der Waals surface area contributed by atoms with Gasteiger partial charge in [-0.25, -0.2) is 0 Å². The van der Waals surface area contributed by atoms with Crippen LogP contribution in [0.3, 0.4) is 0 Å². The van der Waals surface area contributed by atoms with Crippen molar-refractivity contribution in [2.45, 2.75) is 12.8 Å². The van der Waals surface area contributed by atoms with Crippen molar-refractivity contribution in [2.24, 2.45) is 11.7 Å². The standard InChI is InChI=1S/C17H19BrClNO/c18-15-4-6-17(7-5-15)21-9-8-14(12-20)10-13-2-1-3-16(19)11-13/h1-7,11,14H,8-10,12,20H2. The maximum absolute atomic E-state index is 6.01. The normalized spacial score (nSPS) is 12.1. The summed E-state index contributed by atoms with van der Waals surface area (Å²) in [5.74, 6) is 1.29. The third-order valence-corrected chi connectivity index (χ3v) is 4.12. The summed E-state index contributed by atoms with van der Waals surface area (Å²) in [6, 6.07) is 15.8. The second-order valence-electron chi connectivity index (χ2n) is 5.03. The molecule has 2 rings (SSSR count). The third kappa shape index (κ3) is 5.70. The smallest absolute Gasteiger partial charge is 0.119 e. The van der Waals surface area contributed by atoms with Crippen LogP contribution < -0.4 is 10.5 Å². The van der Waals surface area contributed by atoms with Gasteiger partial charge in [-0.05, 0) is 67.3 Å². The fourth-order valence-corrected chi connectivity index (χ4v) is 2.65. The first-order chi connectivity index (χ1) is 10.2. The van der Waals surface area contributed by atoms with E-state index >= 15 is 0 Å². The molecule has 0 aromatic heterocycles.